The molecule has 0 radical (unpaired) electrons. The first kappa shape index (κ1) is 21.4. The fourth-order valence-electron chi connectivity index (χ4n) is 4.14. The zero-order valence-corrected chi connectivity index (χ0v) is 18.9. The molecule has 0 amide bonds. The van der Waals surface area contributed by atoms with Gasteiger partial charge in [0.25, 0.3) is 0 Å². The quantitative estimate of drug-likeness (QED) is 0.464. The Balaban J connectivity index is 1.64. The Morgan fingerprint density at radius 3 is 2.61 bits per heavy atom. The average molecular weight is 450 g/mol. The van der Waals surface area contributed by atoms with Crippen molar-refractivity contribution in [1.29, 1.82) is 0 Å². The lowest BCUT2D eigenvalue weighted by atomic mass is 10.1. The third-order valence-electron chi connectivity index (χ3n) is 5.90. The number of hydrogen-bond donors (Lipinski definition) is 0. The standard InChI is InChI=1S/C24H24F2N6O/c1-13-7-18-22(17-6-5-16(25)8-19(17)26)29-24(30-23(18)28-15(13)3)32-9-14(2)33-21(11-32)20-10-31(4)12-27-20/h5-8,10,12,14,21H,9,11H2,1-4H3/t14-,21-/m1/s1. The third kappa shape index (κ3) is 4.04. The van der Waals surface area contributed by atoms with Gasteiger partial charge in [-0.3, -0.25) is 0 Å². The largest absolute Gasteiger partial charge is 0.365 e. The summed E-state index contributed by atoms with van der Waals surface area (Å²) in [6.45, 7) is 6.87. The number of ether oxygens (including phenoxy) is 1. The van der Waals surface area contributed by atoms with Gasteiger partial charge in [0.15, 0.2) is 5.65 Å². The average Bonchev–Trinajstić information content (AvgIpc) is 3.20. The van der Waals surface area contributed by atoms with Crippen molar-refractivity contribution >= 4 is 17.0 Å². The van der Waals surface area contributed by atoms with Gasteiger partial charge >= 0.3 is 0 Å². The van der Waals surface area contributed by atoms with E-state index in [4.69, 9.17) is 14.7 Å². The van der Waals surface area contributed by atoms with Crippen LogP contribution in [0.25, 0.3) is 22.3 Å². The van der Waals surface area contributed by atoms with E-state index in [2.05, 4.69) is 9.97 Å². The SMILES string of the molecule is Cc1cc2c(-c3ccc(F)cc3F)nc(N3C[C@@H](C)O[C@@H](c4cn(C)cn4)C3)nc2nc1C. The Kier molecular flexibility index (Phi) is 5.28. The highest BCUT2D eigenvalue weighted by molar-refractivity contribution is 5.92. The minimum atomic E-state index is -0.680. The van der Waals surface area contributed by atoms with Crippen LogP contribution < -0.4 is 4.90 Å². The molecule has 7 nitrogen and oxygen atoms in total. The second-order valence-electron chi connectivity index (χ2n) is 8.56. The highest BCUT2D eigenvalue weighted by Crippen LogP contribution is 2.33. The summed E-state index contributed by atoms with van der Waals surface area (Å²) < 4.78 is 36.4. The molecule has 9 heteroatoms. The van der Waals surface area contributed by atoms with Gasteiger partial charge in [-0.25, -0.2) is 23.7 Å². The minimum absolute atomic E-state index is 0.0937. The molecular weight excluding hydrogens is 426 g/mol. The molecule has 1 aliphatic rings. The number of halogens is 2. The van der Waals surface area contributed by atoms with E-state index in [0.717, 1.165) is 23.0 Å². The van der Waals surface area contributed by atoms with Gasteiger partial charge in [-0.05, 0) is 44.5 Å². The molecule has 170 valence electrons. The number of rotatable bonds is 3. The first-order valence-corrected chi connectivity index (χ1v) is 10.8. The topological polar surface area (TPSA) is 69.0 Å². The van der Waals surface area contributed by atoms with Crippen LogP contribution in [0.15, 0.2) is 36.8 Å². The van der Waals surface area contributed by atoms with Crippen molar-refractivity contribution in [3.05, 3.63) is 65.4 Å². The monoisotopic (exact) mass is 450 g/mol. The Hall–Kier alpha value is -3.46. The Morgan fingerprint density at radius 1 is 1.06 bits per heavy atom. The summed E-state index contributed by atoms with van der Waals surface area (Å²) in [6, 6.07) is 5.40. The lowest BCUT2D eigenvalue weighted by Gasteiger charge is -2.36. The highest BCUT2D eigenvalue weighted by Gasteiger charge is 2.30. The molecule has 1 fully saturated rings. The number of pyridine rings is 1. The van der Waals surface area contributed by atoms with Crippen LogP contribution in [0.5, 0.6) is 0 Å². The lowest BCUT2D eigenvalue weighted by molar-refractivity contribution is -0.0198. The number of morpholine rings is 1. The molecule has 1 saturated heterocycles. The summed E-state index contributed by atoms with van der Waals surface area (Å²) >= 11 is 0. The van der Waals surface area contributed by atoms with Crippen molar-refractivity contribution in [2.75, 3.05) is 18.0 Å². The van der Waals surface area contributed by atoms with Crippen molar-refractivity contribution < 1.29 is 13.5 Å². The minimum Gasteiger partial charge on any atom is -0.365 e. The molecule has 2 atom stereocenters. The zero-order valence-electron chi connectivity index (χ0n) is 18.9. The van der Waals surface area contributed by atoms with Gasteiger partial charge in [0.2, 0.25) is 5.95 Å². The first-order chi connectivity index (χ1) is 15.8. The molecule has 5 rings (SSSR count). The van der Waals surface area contributed by atoms with Crippen LogP contribution in [0.3, 0.4) is 0 Å². The second kappa shape index (κ2) is 8.15. The number of fused-ring (bicyclic) bond motifs is 1. The smallest absolute Gasteiger partial charge is 0.228 e. The van der Waals surface area contributed by atoms with Crippen molar-refractivity contribution in [2.24, 2.45) is 7.05 Å². The van der Waals surface area contributed by atoms with Crippen molar-refractivity contribution in [2.45, 2.75) is 33.0 Å². The molecule has 0 bridgehead atoms. The van der Waals surface area contributed by atoms with Crippen LogP contribution in [-0.4, -0.2) is 43.7 Å². The molecular formula is C24H24F2N6O. The number of aromatic nitrogens is 5. The Bertz CT molecular complexity index is 1350. The number of benzene rings is 1. The fourth-order valence-corrected chi connectivity index (χ4v) is 4.14. The van der Waals surface area contributed by atoms with Gasteiger partial charge in [0.05, 0.1) is 30.4 Å². The molecule has 4 aromatic rings. The molecule has 0 spiro atoms. The number of anilines is 1. The second-order valence-corrected chi connectivity index (χ2v) is 8.56. The Labute approximate surface area is 190 Å². The molecule has 1 aromatic carbocycles. The van der Waals surface area contributed by atoms with Gasteiger partial charge in [-0.2, -0.15) is 4.98 Å². The zero-order chi connectivity index (χ0) is 23.3. The summed E-state index contributed by atoms with van der Waals surface area (Å²) in [6.07, 6.45) is 3.31. The van der Waals surface area contributed by atoms with E-state index >= 15 is 0 Å². The Morgan fingerprint density at radius 2 is 1.88 bits per heavy atom. The normalized spacial score (nSPS) is 18.8. The van der Waals surface area contributed by atoms with E-state index in [-0.39, 0.29) is 17.8 Å². The van der Waals surface area contributed by atoms with Gasteiger partial charge < -0.3 is 14.2 Å². The van der Waals surface area contributed by atoms with E-state index in [0.29, 0.717) is 35.8 Å². The molecule has 4 heterocycles. The van der Waals surface area contributed by atoms with Gasteiger partial charge in [-0.1, -0.05) is 0 Å². The first-order valence-electron chi connectivity index (χ1n) is 10.8. The van der Waals surface area contributed by atoms with Crippen molar-refractivity contribution in [1.82, 2.24) is 24.5 Å². The van der Waals surface area contributed by atoms with E-state index < -0.39 is 11.6 Å². The number of imidazole rings is 1. The summed E-state index contributed by atoms with van der Waals surface area (Å²) in [7, 11) is 1.91. The van der Waals surface area contributed by atoms with Gasteiger partial charge in [0, 0.05) is 42.5 Å². The van der Waals surface area contributed by atoms with E-state index in [9.17, 15) is 8.78 Å². The van der Waals surface area contributed by atoms with E-state index in [1.807, 2.05) is 49.5 Å². The summed E-state index contributed by atoms with van der Waals surface area (Å²) in [5.41, 5.74) is 3.66. The van der Waals surface area contributed by atoms with Crippen LogP contribution in [0.2, 0.25) is 0 Å². The highest BCUT2D eigenvalue weighted by atomic mass is 19.1. The molecule has 33 heavy (non-hydrogen) atoms. The maximum absolute atomic E-state index is 14.8. The van der Waals surface area contributed by atoms with Crippen LogP contribution in [0.4, 0.5) is 14.7 Å². The van der Waals surface area contributed by atoms with Gasteiger partial charge in [-0.15, -0.1) is 0 Å². The summed E-state index contributed by atoms with van der Waals surface area (Å²) in [5.74, 6) is -0.894. The maximum Gasteiger partial charge on any atom is 0.228 e. The van der Waals surface area contributed by atoms with Gasteiger partial charge in [0.1, 0.15) is 17.7 Å². The number of hydrogen-bond acceptors (Lipinski definition) is 6. The molecule has 1 aliphatic heterocycles. The van der Waals surface area contributed by atoms with Crippen LogP contribution in [0, 0.1) is 25.5 Å². The van der Waals surface area contributed by atoms with E-state index in [1.165, 1.54) is 12.1 Å². The summed E-state index contributed by atoms with van der Waals surface area (Å²) in [5, 5.41) is 0.620. The predicted molar refractivity (Wildman–Crippen MR) is 121 cm³/mol. The molecule has 3 aromatic heterocycles. The molecule has 0 unspecified atom stereocenters. The fraction of sp³-hybridized carbons (Fsp3) is 0.333. The number of aryl methyl sites for hydroxylation is 3. The number of nitrogens with zero attached hydrogens (tertiary/aromatic N) is 6. The van der Waals surface area contributed by atoms with E-state index in [1.54, 1.807) is 6.33 Å². The molecule has 0 aliphatic carbocycles. The molecule has 0 saturated carbocycles. The maximum atomic E-state index is 14.8. The third-order valence-corrected chi connectivity index (χ3v) is 5.90. The van der Waals surface area contributed by atoms with Crippen LogP contribution >= 0.6 is 0 Å². The van der Waals surface area contributed by atoms with Crippen molar-refractivity contribution in [3.63, 3.8) is 0 Å². The van der Waals surface area contributed by atoms with Crippen molar-refractivity contribution in [3.8, 4) is 11.3 Å². The lowest BCUT2D eigenvalue weighted by Crippen LogP contribution is -2.43. The van der Waals surface area contributed by atoms with Crippen LogP contribution in [0.1, 0.15) is 30.0 Å². The molecule has 0 N–H and O–H groups in total. The van der Waals surface area contributed by atoms with Crippen LogP contribution in [-0.2, 0) is 11.8 Å². The predicted octanol–water partition coefficient (Wildman–Crippen LogP) is 4.29. The summed E-state index contributed by atoms with van der Waals surface area (Å²) in [4.78, 5) is 20.6.